The summed E-state index contributed by atoms with van der Waals surface area (Å²) in [5.74, 6) is 1.33. The highest BCUT2D eigenvalue weighted by atomic mass is 79.9. The summed E-state index contributed by atoms with van der Waals surface area (Å²) in [6, 6.07) is 3.85. The summed E-state index contributed by atoms with van der Waals surface area (Å²) in [7, 11) is 3.19. The number of hydrogen-bond acceptors (Lipinski definition) is 7. The molecule has 0 saturated carbocycles. The first kappa shape index (κ1) is 17.7. The van der Waals surface area contributed by atoms with Crippen LogP contribution in [-0.2, 0) is 17.8 Å². The summed E-state index contributed by atoms with van der Waals surface area (Å²) in [6.45, 7) is 0.991. The Balaban J connectivity index is 1.65. The lowest BCUT2D eigenvalue weighted by atomic mass is 9.99. The molecule has 1 aliphatic rings. The van der Waals surface area contributed by atoms with E-state index in [1.54, 1.807) is 24.5 Å². The Morgan fingerprint density at radius 3 is 2.68 bits per heavy atom. The molecule has 3 rings (SSSR count). The summed E-state index contributed by atoms with van der Waals surface area (Å²) in [5, 5.41) is 5.51. The molecule has 7 nitrogen and oxygen atoms in total. The van der Waals surface area contributed by atoms with Gasteiger partial charge in [-0.3, -0.25) is 4.84 Å². The number of rotatable bonds is 4. The number of oxime groups is 1. The molecule has 0 saturated heterocycles. The first-order chi connectivity index (χ1) is 12.1. The first-order valence-electron chi connectivity index (χ1n) is 7.45. The van der Waals surface area contributed by atoms with Crippen molar-refractivity contribution in [2.45, 2.75) is 13.0 Å². The Morgan fingerprint density at radius 2 is 2.04 bits per heavy atom. The van der Waals surface area contributed by atoms with Gasteiger partial charge in [0.2, 0.25) is 0 Å². The zero-order chi connectivity index (χ0) is 17.8. The quantitative estimate of drug-likeness (QED) is 0.426. The Labute approximate surface area is 157 Å². The monoisotopic (exact) mass is 425 g/mol. The summed E-state index contributed by atoms with van der Waals surface area (Å²) >= 11 is 4.69. The molecule has 0 fully saturated rings. The smallest absolute Gasteiger partial charge is 0.436 e. The lowest BCUT2D eigenvalue weighted by Crippen LogP contribution is -2.35. The molecule has 9 heteroatoms. The van der Waals surface area contributed by atoms with E-state index in [9.17, 15) is 4.79 Å². The topological polar surface area (TPSA) is 73.2 Å². The number of hydrogen-bond donors (Lipinski definition) is 0. The van der Waals surface area contributed by atoms with Gasteiger partial charge in [-0.05, 0) is 45.6 Å². The number of amides is 1. The minimum Gasteiger partial charge on any atom is -0.493 e. The Kier molecular flexibility index (Phi) is 5.54. The first-order valence-corrected chi connectivity index (χ1v) is 9.12. The third-order valence-corrected chi connectivity index (χ3v) is 5.17. The molecule has 0 aliphatic carbocycles. The van der Waals surface area contributed by atoms with Gasteiger partial charge >= 0.3 is 6.09 Å². The maximum atomic E-state index is 12.2. The van der Waals surface area contributed by atoms with Crippen molar-refractivity contribution in [3.05, 3.63) is 38.3 Å². The van der Waals surface area contributed by atoms with Gasteiger partial charge in [0.05, 0.1) is 26.1 Å². The number of halogens is 1. The van der Waals surface area contributed by atoms with Crippen molar-refractivity contribution < 1.29 is 19.1 Å². The summed E-state index contributed by atoms with van der Waals surface area (Å²) in [6.07, 6.45) is 1.63. The summed E-state index contributed by atoms with van der Waals surface area (Å²) < 4.78 is 11.4. The average molecular weight is 426 g/mol. The second kappa shape index (κ2) is 7.83. The van der Waals surface area contributed by atoms with E-state index in [2.05, 4.69) is 26.1 Å². The number of fused-ring (bicyclic) bond motifs is 1. The van der Waals surface area contributed by atoms with Gasteiger partial charge in [0.15, 0.2) is 15.4 Å². The highest BCUT2D eigenvalue weighted by molar-refractivity contribution is 9.11. The van der Waals surface area contributed by atoms with E-state index in [0.29, 0.717) is 36.7 Å². The summed E-state index contributed by atoms with van der Waals surface area (Å²) in [5.41, 5.74) is 2.77. The molecule has 132 valence electrons. The normalized spacial score (nSPS) is 13.6. The highest BCUT2D eigenvalue weighted by Gasteiger charge is 2.24. The van der Waals surface area contributed by atoms with Crippen molar-refractivity contribution >= 4 is 39.6 Å². The van der Waals surface area contributed by atoms with E-state index in [4.69, 9.17) is 14.3 Å². The zero-order valence-corrected chi connectivity index (χ0v) is 16.1. The number of carbonyl (C=O) groups is 1. The number of ether oxygens (including phenoxy) is 2. The van der Waals surface area contributed by atoms with Crippen LogP contribution in [0.5, 0.6) is 11.5 Å². The maximum absolute atomic E-state index is 12.2. The van der Waals surface area contributed by atoms with Crippen molar-refractivity contribution in [3.8, 4) is 11.5 Å². The molecular formula is C16H16BrN3O4S. The number of benzene rings is 1. The zero-order valence-electron chi connectivity index (χ0n) is 13.7. The average Bonchev–Trinajstić information content (AvgIpc) is 3.05. The molecule has 0 atom stereocenters. The molecule has 0 N–H and O–H groups in total. The van der Waals surface area contributed by atoms with Gasteiger partial charge in [-0.1, -0.05) is 5.16 Å². The van der Waals surface area contributed by atoms with Crippen LogP contribution in [-0.4, -0.2) is 43.0 Å². The Morgan fingerprint density at radius 1 is 1.32 bits per heavy atom. The van der Waals surface area contributed by atoms with Gasteiger partial charge in [-0.15, -0.1) is 11.3 Å². The number of methoxy groups -OCH3 is 2. The number of nitrogens with zero attached hydrogens (tertiary/aromatic N) is 3. The second-order valence-corrected chi connectivity index (χ2v) is 7.40. The second-order valence-electron chi connectivity index (χ2n) is 5.26. The van der Waals surface area contributed by atoms with Crippen LogP contribution in [0.4, 0.5) is 4.79 Å². The molecule has 1 amide bonds. The fourth-order valence-electron chi connectivity index (χ4n) is 2.54. The lowest BCUT2D eigenvalue weighted by molar-refractivity contribution is 0.101. The molecule has 1 aromatic carbocycles. The SMILES string of the molecule is COc1cc2c(cc1OC)CN(C(=O)O/N=C/c1csc(Br)n1)CC2. The van der Waals surface area contributed by atoms with Crippen LogP contribution in [0.25, 0.3) is 0 Å². The van der Waals surface area contributed by atoms with E-state index in [0.717, 1.165) is 15.0 Å². The molecule has 1 aromatic heterocycles. The van der Waals surface area contributed by atoms with Gasteiger partial charge in [0.25, 0.3) is 0 Å². The lowest BCUT2D eigenvalue weighted by Gasteiger charge is -2.27. The number of carbonyl (C=O) groups excluding carboxylic acids is 1. The number of aromatic nitrogens is 1. The van der Waals surface area contributed by atoms with Gasteiger partial charge in [0.1, 0.15) is 0 Å². The summed E-state index contributed by atoms with van der Waals surface area (Å²) in [4.78, 5) is 22.9. The van der Waals surface area contributed by atoms with E-state index in [1.165, 1.54) is 17.6 Å². The third-order valence-electron chi connectivity index (χ3n) is 3.79. The van der Waals surface area contributed by atoms with Crippen LogP contribution in [0.3, 0.4) is 0 Å². The minimum absolute atomic E-state index is 0.437. The molecule has 0 bridgehead atoms. The van der Waals surface area contributed by atoms with Gasteiger partial charge in [0, 0.05) is 18.5 Å². The standard InChI is InChI=1S/C16H16BrN3O4S/c1-22-13-5-10-3-4-20(8-11(10)6-14(13)23-2)16(21)24-18-7-12-9-25-15(17)19-12/h5-7,9H,3-4,8H2,1-2H3/b18-7+. The fourth-order valence-corrected chi connectivity index (χ4v) is 3.52. The Bertz CT molecular complexity index is 809. The van der Waals surface area contributed by atoms with Crippen molar-refractivity contribution in [1.82, 2.24) is 9.88 Å². The van der Waals surface area contributed by atoms with E-state index >= 15 is 0 Å². The minimum atomic E-state index is -0.494. The van der Waals surface area contributed by atoms with Crippen molar-refractivity contribution in [1.29, 1.82) is 0 Å². The number of thiazole rings is 1. The molecule has 0 spiro atoms. The van der Waals surface area contributed by atoms with Crippen molar-refractivity contribution in [3.63, 3.8) is 0 Å². The molecule has 2 heterocycles. The van der Waals surface area contributed by atoms with Gasteiger partial charge < -0.3 is 14.4 Å². The third kappa shape index (κ3) is 4.10. The van der Waals surface area contributed by atoms with Crippen LogP contribution < -0.4 is 9.47 Å². The maximum Gasteiger partial charge on any atom is 0.436 e. The van der Waals surface area contributed by atoms with E-state index < -0.39 is 6.09 Å². The van der Waals surface area contributed by atoms with Crippen LogP contribution in [0.1, 0.15) is 16.8 Å². The van der Waals surface area contributed by atoms with E-state index in [-0.39, 0.29) is 0 Å². The fraction of sp³-hybridized carbons (Fsp3) is 0.312. The highest BCUT2D eigenvalue weighted by Crippen LogP contribution is 2.33. The van der Waals surface area contributed by atoms with Crippen LogP contribution in [0.15, 0.2) is 26.6 Å². The van der Waals surface area contributed by atoms with Crippen molar-refractivity contribution in [2.24, 2.45) is 5.16 Å². The molecule has 25 heavy (non-hydrogen) atoms. The van der Waals surface area contributed by atoms with Gasteiger partial charge in [-0.2, -0.15) is 0 Å². The van der Waals surface area contributed by atoms with Crippen molar-refractivity contribution in [2.75, 3.05) is 20.8 Å². The molecule has 2 aromatic rings. The Hall–Kier alpha value is -2.13. The van der Waals surface area contributed by atoms with Crippen LogP contribution in [0, 0.1) is 0 Å². The predicted molar refractivity (Wildman–Crippen MR) is 97.5 cm³/mol. The molecular weight excluding hydrogens is 410 g/mol. The van der Waals surface area contributed by atoms with Crippen LogP contribution >= 0.6 is 27.3 Å². The predicted octanol–water partition coefficient (Wildman–Crippen LogP) is 3.45. The molecule has 0 radical (unpaired) electrons. The van der Waals surface area contributed by atoms with Gasteiger partial charge in [-0.25, -0.2) is 9.78 Å². The van der Waals surface area contributed by atoms with E-state index in [1.807, 2.05) is 12.1 Å². The molecule has 0 unspecified atom stereocenters. The largest absolute Gasteiger partial charge is 0.493 e. The molecule has 1 aliphatic heterocycles. The van der Waals surface area contributed by atoms with Crippen LogP contribution in [0.2, 0.25) is 0 Å².